The smallest absolute Gasteiger partial charge is 1.00 e. The second-order valence-electron chi connectivity index (χ2n) is 6.68. The fourth-order valence-electron chi connectivity index (χ4n) is 4.00. The van der Waals surface area contributed by atoms with Crippen LogP contribution < -0.4 is 24.8 Å². The standard InChI is InChI=1S/2C10H13.2ClH.Zr/c2*1-8-6-7-9-4-2-3-5-10(8)9;;;/h2*2-6,8-10H,7H2,1H3;2*1H;/q2*-1;;;+4/p-2. The molecule has 0 heterocycles. The van der Waals surface area contributed by atoms with Gasteiger partial charge in [-0.3, -0.25) is 0 Å². The van der Waals surface area contributed by atoms with E-state index in [2.05, 4.69) is 75.3 Å². The molecule has 0 radical (unpaired) electrons. The minimum absolute atomic E-state index is 0. The second kappa shape index (κ2) is 11.1. The first-order valence-corrected chi connectivity index (χ1v) is 8.12. The third kappa shape index (κ3) is 5.72. The third-order valence-electron chi connectivity index (χ3n) is 5.37. The SMILES string of the molecule is CC1[CH-]CC2C=CC=CC12.CC1[CH-]CC2C=CC=CC12.[Cl-].[Cl-].[Zr+4]. The summed E-state index contributed by atoms with van der Waals surface area (Å²) in [6.07, 6.45) is 25.5. The Kier molecular flexibility index (Phi) is 11.3. The number of halogens is 2. The summed E-state index contributed by atoms with van der Waals surface area (Å²) in [6, 6.07) is 0. The van der Waals surface area contributed by atoms with Gasteiger partial charge in [0.1, 0.15) is 0 Å². The summed E-state index contributed by atoms with van der Waals surface area (Å²) in [6.45, 7) is 4.63. The molecule has 4 aliphatic carbocycles. The molecule has 4 aliphatic rings. The molecule has 2 fully saturated rings. The molecular weight excluding hydrogens is 402 g/mol. The van der Waals surface area contributed by atoms with E-state index in [0.717, 1.165) is 35.5 Å². The molecule has 23 heavy (non-hydrogen) atoms. The van der Waals surface area contributed by atoms with Crippen LogP contribution in [0, 0.1) is 48.3 Å². The summed E-state index contributed by atoms with van der Waals surface area (Å²) in [5.41, 5.74) is 0. The first-order chi connectivity index (χ1) is 9.75. The Morgan fingerprint density at radius 3 is 1.35 bits per heavy atom. The molecule has 0 aromatic heterocycles. The van der Waals surface area contributed by atoms with Crippen molar-refractivity contribution in [1.82, 2.24) is 0 Å². The van der Waals surface area contributed by atoms with Gasteiger partial charge in [-0.15, -0.1) is 0 Å². The fraction of sp³-hybridized carbons (Fsp3) is 0.500. The first-order valence-electron chi connectivity index (χ1n) is 8.12. The van der Waals surface area contributed by atoms with Gasteiger partial charge in [0.05, 0.1) is 0 Å². The van der Waals surface area contributed by atoms with Crippen LogP contribution in [0.1, 0.15) is 26.7 Å². The molecule has 0 nitrogen and oxygen atoms in total. The van der Waals surface area contributed by atoms with Crippen LogP contribution in [-0.4, -0.2) is 0 Å². The largest absolute Gasteiger partial charge is 4.00 e. The van der Waals surface area contributed by atoms with Crippen LogP contribution in [0.25, 0.3) is 0 Å². The molecule has 124 valence electrons. The quantitative estimate of drug-likeness (QED) is 0.443. The van der Waals surface area contributed by atoms with E-state index in [9.17, 15) is 0 Å². The Hall–Kier alpha value is 0.423. The van der Waals surface area contributed by atoms with E-state index in [1.807, 2.05) is 0 Å². The molecule has 6 unspecified atom stereocenters. The van der Waals surface area contributed by atoms with Crippen molar-refractivity contribution < 1.29 is 51.0 Å². The van der Waals surface area contributed by atoms with Gasteiger partial charge in [-0.25, -0.2) is 0 Å². The van der Waals surface area contributed by atoms with Crippen molar-refractivity contribution in [3.63, 3.8) is 0 Å². The molecule has 0 aromatic rings. The summed E-state index contributed by atoms with van der Waals surface area (Å²) in [4.78, 5) is 0. The molecule has 6 atom stereocenters. The molecule has 0 N–H and O–H groups in total. The van der Waals surface area contributed by atoms with Gasteiger partial charge in [-0.05, 0) is 23.7 Å². The van der Waals surface area contributed by atoms with Crippen LogP contribution in [0.4, 0.5) is 0 Å². The van der Waals surface area contributed by atoms with Crippen molar-refractivity contribution in [3.05, 3.63) is 61.4 Å². The van der Waals surface area contributed by atoms with Crippen molar-refractivity contribution in [2.75, 3.05) is 0 Å². The summed E-state index contributed by atoms with van der Waals surface area (Å²) < 4.78 is 0. The summed E-state index contributed by atoms with van der Waals surface area (Å²) >= 11 is 0. The molecule has 0 aliphatic heterocycles. The average molecular weight is 429 g/mol. The minimum atomic E-state index is 0. The normalized spacial score (nSPS) is 38.2. The minimum Gasteiger partial charge on any atom is -1.00 e. The molecule has 0 spiro atoms. The van der Waals surface area contributed by atoms with Gasteiger partial charge in [-0.1, -0.05) is 62.5 Å². The van der Waals surface area contributed by atoms with Crippen molar-refractivity contribution in [3.8, 4) is 0 Å². The van der Waals surface area contributed by atoms with Crippen LogP contribution in [0.2, 0.25) is 0 Å². The Morgan fingerprint density at radius 1 is 0.652 bits per heavy atom. The first kappa shape index (κ1) is 23.4. The maximum Gasteiger partial charge on any atom is 4.00 e. The second-order valence-corrected chi connectivity index (χ2v) is 6.68. The molecular formula is C20H26Cl2Zr. The molecule has 0 saturated heterocycles. The molecule has 2 saturated carbocycles. The third-order valence-corrected chi connectivity index (χ3v) is 5.37. The summed E-state index contributed by atoms with van der Waals surface area (Å²) in [5.74, 6) is 4.85. The Labute approximate surface area is 173 Å². The topological polar surface area (TPSA) is 0 Å². The number of rotatable bonds is 0. The zero-order valence-electron chi connectivity index (χ0n) is 13.9. The van der Waals surface area contributed by atoms with Crippen LogP contribution >= 0.6 is 0 Å². The molecule has 0 aromatic carbocycles. The zero-order chi connectivity index (χ0) is 13.9. The van der Waals surface area contributed by atoms with E-state index < -0.39 is 0 Å². The maximum absolute atomic E-state index is 2.44. The van der Waals surface area contributed by atoms with Gasteiger partial charge < -0.3 is 37.7 Å². The summed E-state index contributed by atoms with van der Waals surface area (Å²) in [5, 5.41) is 0. The molecule has 4 rings (SSSR count). The monoisotopic (exact) mass is 426 g/mol. The number of hydrogen-bond donors (Lipinski definition) is 0. The van der Waals surface area contributed by atoms with Crippen molar-refractivity contribution >= 4 is 0 Å². The van der Waals surface area contributed by atoms with Gasteiger partial charge in [0.15, 0.2) is 0 Å². The maximum atomic E-state index is 2.44. The van der Waals surface area contributed by atoms with Crippen molar-refractivity contribution in [2.24, 2.45) is 35.5 Å². The predicted molar refractivity (Wildman–Crippen MR) is 86.7 cm³/mol. The van der Waals surface area contributed by atoms with Gasteiger partial charge in [0.2, 0.25) is 0 Å². The van der Waals surface area contributed by atoms with Gasteiger partial charge >= 0.3 is 26.2 Å². The van der Waals surface area contributed by atoms with E-state index >= 15 is 0 Å². The van der Waals surface area contributed by atoms with E-state index in [4.69, 9.17) is 0 Å². The van der Waals surface area contributed by atoms with E-state index in [0.29, 0.717) is 0 Å². The van der Waals surface area contributed by atoms with Gasteiger partial charge in [0.25, 0.3) is 0 Å². The number of hydrogen-bond acceptors (Lipinski definition) is 0. The van der Waals surface area contributed by atoms with E-state index in [1.54, 1.807) is 0 Å². The Balaban J connectivity index is 0.000000372. The Morgan fingerprint density at radius 2 is 1.00 bits per heavy atom. The fourth-order valence-corrected chi connectivity index (χ4v) is 4.00. The average Bonchev–Trinajstić information content (AvgIpc) is 3.05. The summed E-state index contributed by atoms with van der Waals surface area (Å²) in [7, 11) is 0. The van der Waals surface area contributed by atoms with Crippen LogP contribution in [0.3, 0.4) is 0 Å². The van der Waals surface area contributed by atoms with E-state index in [1.165, 1.54) is 12.8 Å². The van der Waals surface area contributed by atoms with Crippen LogP contribution in [0.5, 0.6) is 0 Å². The van der Waals surface area contributed by atoms with Crippen LogP contribution in [0.15, 0.2) is 48.6 Å². The number of allylic oxidation sites excluding steroid dienone is 8. The predicted octanol–water partition coefficient (Wildman–Crippen LogP) is -0.817. The van der Waals surface area contributed by atoms with Crippen LogP contribution in [-0.2, 0) is 26.2 Å². The van der Waals surface area contributed by atoms with E-state index in [-0.39, 0.29) is 51.0 Å². The zero-order valence-corrected chi connectivity index (χ0v) is 17.9. The molecule has 3 heteroatoms. The molecule has 0 amide bonds. The van der Waals surface area contributed by atoms with Crippen molar-refractivity contribution in [1.29, 1.82) is 0 Å². The molecule has 0 bridgehead atoms. The Bertz CT molecular complexity index is 411. The van der Waals surface area contributed by atoms with Gasteiger partial charge in [0, 0.05) is 0 Å². The number of fused-ring (bicyclic) bond motifs is 2. The van der Waals surface area contributed by atoms with Gasteiger partial charge in [-0.2, -0.15) is 24.7 Å². The van der Waals surface area contributed by atoms with Crippen molar-refractivity contribution in [2.45, 2.75) is 26.7 Å².